The summed E-state index contributed by atoms with van der Waals surface area (Å²) >= 11 is 0. The lowest BCUT2D eigenvalue weighted by molar-refractivity contribution is 0.725. The van der Waals surface area contributed by atoms with Gasteiger partial charge in [-0.15, -0.1) is 0 Å². The first-order valence-electron chi connectivity index (χ1n) is 3.57. The number of hydrogen-bond donors (Lipinski definition) is 3. The summed E-state index contributed by atoms with van der Waals surface area (Å²) in [6.07, 6.45) is 3.48. The Bertz CT molecular complexity index is 99.9. The normalized spacial score (nSPS) is 11.6. The van der Waals surface area contributed by atoms with Gasteiger partial charge >= 0.3 is 0 Å². The van der Waals surface area contributed by atoms with Crippen LogP contribution in [-0.4, -0.2) is 12.5 Å². The number of aliphatic imine (C=N–C) groups is 1. The van der Waals surface area contributed by atoms with E-state index in [2.05, 4.69) is 17.3 Å². The van der Waals surface area contributed by atoms with Crippen molar-refractivity contribution in [2.24, 2.45) is 16.6 Å². The quantitative estimate of drug-likeness (QED) is 0.171. The molecule has 60 valence electrons. The number of hydrogen-bond acceptors (Lipinski definition) is 2. The predicted octanol–water partition coefficient (Wildman–Crippen LogP) is -0.0454. The molecular formula is C6H16N4. The van der Waals surface area contributed by atoms with Crippen molar-refractivity contribution in [3.63, 3.8) is 0 Å². The Balaban J connectivity index is 3.16. The van der Waals surface area contributed by atoms with Crippen molar-refractivity contribution in [3.8, 4) is 0 Å². The average Bonchev–Trinajstić information content (AvgIpc) is 1.98. The van der Waals surface area contributed by atoms with Gasteiger partial charge in [0.1, 0.15) is 0 Å². The predicted molar refractivity (Wildman–Crippen MR) is 43.3 cm³/mol. The third-order valence-corrected chi connectivity index (χ3v) is 1.19. The zero-order valence-electron chi connectivity index (χ0n) is 6.43. The lowest BCUT2D eigenvalue weighted by Crippen LogP contribution is -2.37. The summed E-state index contributed by atoms with van der Waals surface area (Å²) in [5.41, 5.74) is 7.54. The Labute approximate surface area is 61.7 Å². The van der Waals surface area contributed by atoms with Crippen molar-refractivity contribution in [3.05, 3.63) is 0 Å². The van der Waals surface area contributed by atoms with E-state index in [0.29, 0.717) is 5.96 Å². The van der Waals surface area contributed by atoms with Gasteiger partial charge < -0.3 is 5.73 Å². The highest BCUT2D eigenvalue weighted by Crippen LogP contribution is 1.92. The van der Waals surface area contributed by atoms with Crippen molar-refractivity contribution in [2.75, 3.05) is 6.54 Å². The molecule has 0 atom stereocenters. The highest BCUT2D eigenvalue weighted by Gasteiger charge is 1.85. The number of rotatable bonds is 4. The fourth-order valence-electron chi connectivity index (χ4n) is 0.607. The number of nitrogens with two attached hydrogens (primary N) is 2. The van der Waals surface area contributed by atoms with E-state index in [1.54, 1.807) is 0 Å². The molecule has 0 amide bonds. The molecule has 0 bridgehead atoms. The zero-order valence-corrected chi connectivity index (χ0v) is 6.43. The lowest BCUT2D eigenvalue weighted by atomic mass is 10.3. The molecule has 0 aromatic heterocycles. The molecule has 0 aliphatic carbocycles. The SMILES string of the molecule is CCCCCN=[14C](N)NN. The molecule has 0 aliphatic heterocycles. The third kappa shape index (κ3) is 5.37. The highest BCUT2D eigenvalue weighted by molar-refractivity contribution is 5.76. The van der Waals surface area contributed by atoms with Gasteiger partial charge in [0.05, 0.1) is 0 Å². The summed E-state index contributed by atoms with van der Waals surface area (Å²) in [6, 6.07) is 0. The number of hydrazine groups is 1. The van der Waals surface area contributed by atoms with E-state index in [1.807, 2.05) is 0 Å². The molecule has 0 radical (unpaired) electrons. The van der Waals surface area contributed by atoms with Gasteiger partial charge in [0, 0.05) is 6.54 Å². The molecule has 0 aromatic carbocycles. The molecule has 0 saturated heterocycles. The van der Waals surface area contributed by atoms with Crippen LogP contribution in [0, 0.1) is 0 Å². The van der Waals surface area contributed by atoms with Crippen molar-refractivity contribution >= 4 is 5.96 Å². The monoisotopic (exact) mass is 146 g/mol. The maximum atomic E-state index is 5.27. The van der Waals surface area contributed by atoms with Gasteiger partial charge in [0.15, 0.2) is 0 Å². The molecular weight excluding hydrogens is 130 g/mol. The van der Waals surface area contributed by atoms with Crippen LogP contribution < -0.4 is 17.0 Å². The van der Waals surface area contributed by atoms with E-state index < -0.39 is 0 Å². The van der Waals surface area contributed by atoms with Crippen molar-refractivity contribution in [2.45, 2.75) is 26.2 Å². The maximum Gasteiger partial charge on any atom is 0.203 e. The molecule has 0 unspecified atom stereocenters. The van der Waals surface area contributed by atoms with E-state index in [1.165, 1.54) is 12.8 Å². The second-order valence-corrected chi connectivity index (χ2v) is 2.12. The van der Waals surface area contributed by atoms with Crippen LogP contribution in [0.5, 0.6) is 0 Å². The van der Waals surface area contributed by atoms with Gasteiger partial charge in [-0.05, 0) is 6.42 Å². The van der Waals surface area contributed by atoms with Crippen LogP contribution in [0.3, 0.4) is 0 Å². The second kappa shape index (κ2) is 6.35. The lowest BCUT2D eigenvalue weighted by Gasteiger charge is -1.97. The van der Waals surface area contributed by atoms with Gasteiger partial charge in [-0.3, -0.25) is 10.4 Å². The minimum atomic E-state index is 0.316. The number of nitrogens with one attached hydrogen (secondary N) is 1. The topological polar surface area (TPSA) is 76.4 Å². The average molecular weight is 146 g/mol. The van der Waals surface area contributed by atoms with Crippen LogP contribution in [-0.2, 0) is 0 Å². The molecule has 0 spiro atoms. The molecule has 0 rings (SSSR count). The fraction of sp³-hybridized carbons (Fsp3) is 0.833. The fourth-order valence-corrected chi connectivity index (χ4v) is 0.607. The number of guanidine groups is 1. The summed E-state index contributed by atoms with van der Waals surface area (Å²) in [5, 5.41) is 0. The Morgan fingerprint density at radius 1 is 1.50 bits per heavy atom. The third-order valence-electron chi connectivity index (χ3n) is 1.19. The molecule has 0 heterocycles. The van der Waals surface area contributed by atoms with Gasteiger partial charge in [-0.1, -0.05) is 19.8 Å². The molecule has 4 heteroatoms. The van der Waals surface area contributed by atoms with E-state index in [0.717, 1.165) is 13.0 Å². The minimum Gasteiger partial charge on any atom is -0.369 e. The summed E-state index contributed by atoms with van der Waals surface area (Å²) < 4.78 is 0. The van der Waals surface area contributed by atoms with Crippen LogP contribution in [0.15, 0.2) is 4.99 Å². The Morgan fingerprint density at radius 2 is 2.20 bits per heavy atom. The molecule has 4 nitrogen and oxygen atoms in total. The molecule has 10 heavy (non-hydrogen) atoms. The van der Waals surface area contributed by atoms with Gasteiger partial charge in [0.25, 0.3) is 0 Å². The van der Waals surface area contributed by atoms with Gasteiger partial charge in [-0.2, -0.15) is 0 Å². The van der Waals surface area contributed by atoms with Crippen LogP contribution in [0.4, 0.5) is 0 Å². The van der Waals surface area contributed by atoms with Crippen LogP contribution in [0.2, 0.25) is 0 Å². The Morgan fingerprint density at radius 3 is 2.70 bits per heavy atom. The largest absolute Gasteiger partial charge is 0.369 e. The minimum absolute atomic E-state index is 0.316. The van der Waals surface area contributed by atoms with Crippen LogP contribution >= 0.6 is 0 Å². The summed E-state index contributed by atoms with van der Waals surface area (Å²) in [7, 11) is 0. The van der Waals surface area contributed by atoms with Crippen molar-refractivity contribution < 1.29 is 0 Å². The number of nitrogens with zero attached hydrogens (tertiary/aromatic N) is 1. The first kappa shape index (κ1) is 9.23. The Kier molecular flexibility index (Phi) is 5.86. The summed E-state index contributed by atoms with van der Waals surface area (Å²) in [4.78, 5) is 3.94. The number of unbranched alkanes of at least 4 members (excludes halogenated alkanes) is 2. The van der Waals surface area contributed by atoms with E-state index >= 15 is 0 Å². The molecule has 0 saturated carbocycles. The standard InChI is InChI=1S/C6H16N4/c1-2-3-4-5-9-6(7)10-8/h2-5,8H2,1H3,(H3,7,9,10)/i6+2. The van der Waals surface area contributed by atoms with E-state index in [-0.39, 0.29) is 0 Å². The molecule has 0 fully saturated rings. The van der Waals surface area contributed by atoms with Crippen LogP contribution in [0.1, 0.15) is 26.2 Å². The van der Waals surface area contributed by atoms with E-state index in [4.69, 9.17) is 11.6 Å². The van der Waals surface area contributed by atoms with Crippen molar-refractivity contribution in [1.29, 1.82) is 0 Å². The van der Waals surface area contributed by atoms with E-state index in [9.17, 15) is 0 Å². The first-order chi connectivity index (χ1) is 4.81. The van der Waals surface area contributed by atoms with Crippen molar-refractivity contribution in [1.82, 2.24) is 5.43 Å². The molecule has 0 aromatic rings. The first-order valence-corrected chi connectivity index (χ1v) is 3.57. The molecule has 0 aliphatic rings. The van der Waals surface area contributed by atoms with Crippen LogP contribution in [0.25, 0.3) is 0 Å². The maximum absolute atomic E-state index is 5.27. The highest BCUT2D eigenvalue weighted by atomic mass is 15.8. The molecule has 5 N–H and O–H groups in total. The summed E-state index contributed by atoms with van der Waals surface area (Å²) in [6.45, 7) is 2.91. The van der Waals surface area contributed by atoms with Gasteiger partial charge in [-0.25, -0.2) is 5.84 Å². The summed E-state index contributed by atoms with van der Waals surface area (Å²) in [5.74, 6) is 5.30. The zero-order chi connectivity index (χ0) is 7.82. The smallest absolute Gasteiger partial charge is 0.203 e. The Hall–Kier alpha value is -0.770. The van der Waals surface area contributed by atoms with Gasteiger partial charge in [0.2, 0.25) is 5.96 Å². The second-order valence-electron chi connectivity index (χ2n) is 2.12.